The summed E-state index contributed by atoms with van der Waals surface area (Å²) in [5.74, 6) is -0.566. The monoisotopic (exact) mass is 269 g/mol. The van der Waals surface area contributed by atoms with E-state index in [0.29, 0.717) is 16.8 Å². The average molecular weight is 269 g/mol. The Morgan fingerprint density at radius 2 is 1.85 bits per heavy atom. The lowest BCUT2D eigenvalue weighted by molar-refractivity contribution is -0.111. The highest BCUT2D eigenvalue weighted by molar-refractivity contribution is 6.21. The fourth-order valence-corrected chi connectivity index (χ4v) is 1.80. The third-order valence-electron chi connectivity index (χ3n) is 3.19. The topological polar surface area (TPSA) is 55.7 Å². The lowest BCUT2D eigenvalue weighted by atomic mass is 9.97. The van der Waals surface area contributed by atoms with Crippen LogP contribution in [0.5, 0.6) is 0 Å². The van der Waals surface area contributed by atoms with Crippen molar-refractivity contribution in [3.8, 4) is 0 Å². The quantitative estimate of drug-likeness (QED) is 0.471. The second kappa shape index (κ2) is 5.65. The number of rotatable bonds is 2. The van der Waals surface area contributed by atoms with E-state index in [1.54, 1.807) is 38.1 Å². The number of allylic oxidation sites excluding steroid dienone is 4. The van der Waals surface area contributed by atoms with Crippen LogP contribution in [-0.2, 0) is 9.63 Å². The zero-order chi connectivity index (χ0) is 14.7. The van der Waals surface area contributed by atoms with Gasteiger partial charge >= 0.3 is 5.97 Å². The van der Waals surface area contributed by atoms with Crippen LogP contribution in [0.15, 0.2) is 52.7 Å². The highest BCUT2D eigenvalue weighted by Crippen LogP contribution is 2.14. The molecule has 0 amide bonds. The molecular formula is C16H15NO3. The Morgan fingerprint density at radius 3 is 2.55 bits per heavy atom. The maximum atomic E-state index is 11.9. The number of ketones is 1. The van der Waals surface area contributed by atoms with Crippen LogP contribution in [0.4, 0.5) is 0 Å². The fourth-order valence-electron chi connectivity index (χ4n) is 1.80. The second-order valence-electron chi connectivity index (χ2n) is 4.67. The van der Waals surface area contributed by atoms with Gasteiger partial charge in [0.15, 0.2) is 5.78 Å². The Hall–Kier alpha value is -2.49. The SMILES string of the molecule is CC1=C(C)/C(=N\OC(=O)c2cccc(C)c2)C=CC1=O. The van der Waals surface area contributed by atoms with Gasteiger partial charge in [-0.15, -0.1) is 0 Å². The van der Waals surface area contributed by atoms with E-state index in [9.17, 15) is 9.59 Å². The molecule has 1 aromatic carbocycles. The number of oxime groups is 1. The molecule has 0 saturated carbocycles. The summed E-state index contributed by atoms with van der Waals surface area (Å²) >= 11 is 0. The van der Waals surface area contributed by atoms with Crippen LogP contribution in [0.25, 0.3) is 0 Å². The van der Waals surface area contributed by atoms with Gasteiger partial charge in [-0.3, -0.25) is 4.79 Å². The molecule has 4 nitrogen and oxygen atoms in total. The van der Waals surface area contributed by atoms with Gasteiger partial charge in [-0.05, 0) is 50.6 Å². The minimum Gasteiger partial charge on any atom is -0.312 e. The van der Waals surface area contributed by atoms with Crippen molar-refractivity contribution in [1.29, 1.82) is 0 Å². The third-order valence-corrected chi connectivity index (χ3v) is 3.19. The van der Waals surface area contributed by atoms with Gasteiger partial charge in [0.2, 0.25) is 0 Å². The molecule has 0 fully saturated rings. The van der Waals surface area contributed by atoms with Gasteiger partial charge in [0.1, 0.15) is 5.71 Å². The number of hydrogen-bond acceptors (Lipinski definition) is 4. The summed E-state index contributed by atoms with van der Waals surface area (Å²) in [4.78, 5) is 28.2. The minimum absolute atomic E-state index is 0.0496. The van der Waals surface area contributed by atoms with E-state index in [1.165, 1.54) is 6.08 Å². The van der Waals surface area contributed by atoms with Crippen LogP contribution in [0.1, 0.15) is 29.8 Å². The third kappa shape index (κ3) is 2.91. The molecule has 0 aliphatic heterocycles. The molecule has 0 aromatic heterocycles. The van der Waals surface area contributed by atoms with E-state index >= 15 is 0 Å². The molecule has 20 heavy (non-hydrogen) atoms. The molecule has 0 radical (unpaired) electrons. The molecule has 102 valence electrons. The Balaban J connectivity index is 2.16. The van der Waals surface area contributed by atoms with Crippen molar-refractivity contribution in [1.82, 2.24) is 0 Å². The molecular weight excluding hydrogens is 254 g/mol. The van der Waals surface area contributed by atoms with Crippen LogP contribution in [-0.4, -0.2) is 17.5 Å². The van der Waals surface area contributed by atoms with Gasteiger partial charge < -0.3 is 4.84 Å². The van der Waals surface area contributed by atoms with Crippen LogP contribution in [0.2, 0.25) is 0 Å². The van der Waals surface area contributed by atoms with Crippen molar-refractivity contribution in [3.05, 3.63) is 58.7 Å². The zero-order valence-electron chi connectivity index (χ0n) is 11.6. The molecule has 0 atom stereocenters. The van der Waals surface area contributed by atoms with E-state index in [-0.39, 0.29) is 5.78 Å². The Kier molecular flexibility index (Phi) is 3.94. The summed E-state index contributed by atoms with van der Waals surface area (Å²) < 4.78 is 0. The molecule has 1 aromatic rings. The van der Waals surface area contributed by atoms with Crippen LogP contribution in [0.3, 0.4) is 0 Å². The molecule has 1 aliphatic rings. The predicted molar refractivity (Wildman–Crippen MR) is 76.6 cm³/mol. The smallest absolute Gasteiger partial charge is 0.312 e. The first-order chi connectivity index (χ1) is 9.49. The summed E-state index contributed by atoms with van der Waals surface area (Å²) in [6.07, 6.45) is 2.97. The first-order valence-corrected chi connectivity index (χ1v) is 6.25. The Labute approximate surface area is 117 Å². The number of carbonyl (C=O) groups excluding carboxylic acids is 2. The molecule has 2 rings (SSSR count). The van der Waals surface area contributed by atoms with Crippen molar-refractivity contribution in [2.45, 2.75) is 20.8 Å². The van der Waals surface area contributed by atoms with Crippen LogP contribution in [0, 0.1) is 6.92 Å². The van der Waals surface area contributed by atoms with Gasteiger partial charge in [-0.2, -0.15) is 0 Å². The number of nitrogens with zero attached hydrogens (tertiary/aromatic N) is 1. The Morgan fingerprint density at radius 1 is 1.10 bits per heavy atom. The van der Waals surface area contributed by atoms with Gasteiger partial charge in [-0.25, -0.2) is 4.79 Å². The molecule has 4 heteroatoms. The molecule has 1 aliphatic carbocycles. The molecule has 0 saturated heterocycles. The Bertz CT molecular complexity index is 666. The second-order valence-corrected chi connectivity index (χ2v) is 4.67. The van der Waals surface area contributed by atoms with Gasteiger partial charge in [0, 0.05) is 5.57 Å². The first-order valence-electron chi connectivity index (χ1n) is 6.25. The predicted octanol–water partition coefficient (Wildman–Crippen LogP) is 2.98. The lowest BCUT2D eigenvalue weighted by Gasteiger charge is -2.09. The largest absolute Gasteiger partial charge is 0.365 e. The maximum absolute atomic E-state index is 11.9. The summed E-state index contributed by atoms with van der Waals surface area (Å²) in [7, 11) is 0. The van der Waals surface area contributed by atoms with Gasteiger partial charge in [0.25, 0.3) is 0 Å². The summed E-state index contributed by atoms with van der Waals surface area (Å²) in [5, 5.41) is 3.83. The molecule has 0 spiro atoms. The maximum Gasteiger partial charge on any atom is 0.365 e. The highest BCUT2D eigenvalue weighted by Gasteiger charge is 2.15. The average Bonchev–Trinajstić information content (AvgIpc) is 2.44. The molecule has 0 bridgehead atoms. The van der Waals surface area contributed by atoms with Gasteiger partial charge in [0.05, 0.1) is 5.56 Å². The van der Waals surface area contributed by atoms with Crippen molar-refractivity contribution in [3.63, 3.8) is 0 Å². The first kappa shape index (κ1) is 13.9. The summed E-state index contributed by atoms with van der Waals surface area (Å²) in [6, 6.07) is 7.09. The van der Waals surface area contributed by atoms with E-state index in [2.05, 4.69) is 5.16 Å². The van der Waals surface area contributed by atoms with Crippen molar-refractivity contribution >= 4 is 17.5 Å². The highest BCUT2D eigenvalue weighted by atomic mass is 16.7. The number of benzene rings is 1. The van der Waals surface area contributed by atoms with Crippen molar-refractivity contribution in [2.75, 3.05) is 0 Å². The minimum atomic E-state index is -0.517. The molecule has 0 unspecified atom stereocenters. The molecule has 0 N–H and O–H groups in total. The van der Waals surface area contributed by atoms with E-state index in [4.69, 9.17) is 4.84 Å². The lowest BCUT2D eigenvalue weighted by Crippen LogP contribution is -2.12. The standard InChI is InChI=1S/C16H15NO3/c1-10-5-4-6-13(9-10)16(19)20-17-14-7-8-15(18)12(3)11(14)2/h4-9H,1-3H3/b17-14-. The summed E-state index contributed by atoms with van der Waals surface area (Å²) in [5.41, 5.74) is 3.24. The van der Waals surface area contributed by atoms with E-state index < -0.39 is 5.97 Å². The number of carbonyl (C=O) groups is 2. The van der Waals surface area contributed by atoms with Crippen LogP contribution < -0.4 is 0 Å². The van der Waals surface area contributed by atoms with E-state index in [1.807, 2.05) is 13.0 Å². The van der Waals surface area contributed by atoms with Gasteiger partial charge in [-0.1, -0.05) is 22.9 Å². The van der Waals surface area contributed by atoms with Crippen molar-refractivity contribution in [2.24, 2.45) is 5.16 Å². The normalized spacial score (nSPS) is 16.8. The van der Waals surface area contributed by atoms with Crippen molar-refractivity contribution < 1.29 is 14.4 Å². The zero-order valence-corrected chi connectivity index (χ0v) is 11.6. The number of aryl methyl sites for hydroxylation is 1. The molecule has 0 heterocycles. The summed E-state index contributed by atoms with van der Waals surface area (Å²) in [6.45, 7) is 5.39. The van der Waals surface area contributed by atoms with E-state index in [0.717, 1.165) is 11.1 Å². The number of hydrogen-bond donors (Lipinski definition) is 0. The fraction of sp³-hybridized carbons (Fsp3) is 0.188. The van der Waals surface area contributed by atoms with Crippen LogP contribution >= 0.6 is 0 Å².